The molecule has 0 aliphatic rings. The molecule has 100 valence electrons. The van der Waals surface area contributed by atoms with E-state index in [1.54, 1.807) is 0 Å². The SMILES string of the molecule is C(#C[Se+](c1ccccc1)c1ccccc1)c1ccccc1. The van der Waals surface area contributed by atoms with Crippen molar-refractivity contribution in [2.24, 2.45) is 0 Å². The quantitative estimate of drug-likeness (QED) is 0.499. The summed E-state index contributed by atoms with van der Waals surface area (Å²) in [5, 5.41) is 0. The Bertz CT molecular complexity index is 698. The predicted octanol–water partition coefficient (Wildman–Crippen LogP) is 2.89. The molecule has 0 amide bonds. The number of rotatable bonds is 2. The van der Waals surface area contributed by atoms with Crippen LogP contribution in [0.3, 0.4) is 0 Å². The second-order valence-electron chi connectivity index (χ2n) is 4.53. The fraction of sp³-hybridized carbons (Fsp3) is 0. The fourth-order valence-electron chi connectivity index (χ4n) is 2.00. The monoisotopic (exact) mass is 335 g/mol. The molecular weight excluding hydrogens is 319 g/mol. The fourth-order valence-corrected chi connectivity index (χ4v) is 5.33. The Labute approximate surface area is 130 Å². The standard InChI is InChI=1S/C20H15Se/c1-4-10-18(11-5-1)16-17-21(19-12-6-2-7-13-19)20-14-8-3-9-15-20/h1-15H/q+1. The Morgan fingerprint density at radius 1 is 0.524 bits per heavy atom. The number of hydrogen-bond donors (Lipinski definition) is 0. The summed E-state index contributed by atoms with van der Waals surface area (Å²) >= 11 is -1.32. The molecule has 0 aliphatic heterocycles. The molecule has 0 spiro atoms. The number of hydrogen-bond acceptors (Lipinski definition) is 0. The van der Waals surface area contributed by atoms with E-state index in [4.69, 9.17) is 0 Å². The summed E-state index contributed by atoms with van der Waals surface area (Å²) in [4.78, 5) is 3.54. The van der Waals surface area contributed by atoms with E-state index < -0.39 is 13.9 Å². The minimum absolute atomic E-state index is 1.08. The van der Waals surface area contributed by atoms with Crippen LogP contribution >= 0.6 is 0 Å². The van der Waals surface area contributed by atoms with Crippen molar-refractivity contribution in [2.75, 3.05) is 0 Å². The number of benzene rings is 3. The Morgan fingerprint density at radius 2 is 0.952 bits per heavy atom. The predicted molar refractivity (Wildman–Crippen MR) is 91.2 cm³/mol. The molecule has 1 heteroatoms. The zero-order chi connectivity index (χ0) is 14.3. The average molecular weight is 334 g/mol. The van der Waals surface area contributed by atoms with Crippen molar-refractivity contribution in [1.29, 1.82) is 0 Å². The normalized spacial score (nSPS) is 9.95. The van der Waals surface area contributed by atoms with Gasteiger partial charge in [0.1, 0.15) is 0 Å². The van der Waals surface area contributed by atoms with Gasteiger partial charge in [-0.05, 0) is 0 Å². The minimum atomic E-state index is -1.32. The molecule has 0 saturated heterocycles. The van der Waals surface area contributed by atoms with Crippen LogP contribution in [0.25, 0.3) is 0 Å². The molecule has 0 atom stereocenters. The van der Waals surface area contributed by atoms with Crippen LogP contribution in [-0.2, 0) is 0 Å². The van der Waals surface area contributed by atoms with Gasteiger partial charge in [-0.1, -0.05) is 0 Å². The summed E-state index contributed by atoms with van der Waals surface area (Å²) < 4.78 is 2.71. The first-order valence-electron chi connectivity index (χ1n) is 6.84. The first kappa shape index (κ1) is 13.7. The molecular formula is C20H15Se+. The van der Waals surface area contributed by atoms with Gasteiger partial charge >= 0.3 is 130 Å². The van der Waals surface area contributed by atoms with Gasteiger partial charge in [-0.3, -0.25) is 0 Å². The molecule has 0 unspecified atom stereocenters. The molecule has 0 radical (unpaired) electrons. The van der Waals surface area contributed by atoms with E-state index in [1.807, 2.05) is 18.2 Å². The van der Waals surface area contributed by atoms with E-state index in [1.165, 1.54) is 8.92 Å². The molecule has 0 bridgehead atoms. The molecule has 21 heavy (non-hydrogen) atoms. The summed E-state index contributed by atoms with van der Waals surface area (Å²) in [6, 6.07) is 31.5. The van der Waals surface area contributed by atoms with E-state index in [0.717, 1.165) is 5.56 Å². The molecule has 0 fully saturated rings. The van der Waals surface area contributed by atoms with Crippen LogP contribution in [0.5, 0.6) is 0 Å². The maximum absolute atomic E-state index is 3.54. The average Bonchev–Trinajstić information content (AvgIpc) is 2.58. The molecule has 0 nitrogen and oxygen atoms in total. The van der Waals surface area contributed by atoms with Crippen molar-refractivity contribution in [3.63, 3.8) is 0 Å². The van der Waals surface area contributed by atoms with Crippen molar-refractivity contribution in [1.82, 2.24) is 0 Å². The van der Waals surface area contributed by atoms with Crippen LogP contribution in [-0.4, -0.2) is 13.9 Å². The zero-order valence-corrected chi connectivity index (χ0v) is 13.3. The van der Waals surface area contributed by atoms with Crippen LogP contribution in [0.1, 0.15) is 5.56 Å². The Kier molecular flexibility index (Phi) is 4.54. The van der Waals surface area contributed by atoms with Gasteiger partial charge in [0.2, 0.25) is 0 Å². The Morgan fingerprint density at radius 3 is 1.43 bits per heavy atom. The molecule has 3 rings (SSSR count). The third kappa shape index (κ3) is 3.64. The van der Waals surface area contributed by atoms with E-state index >= 15 is 0 Å². The topological polar surface area (TPSA) is 0 Å². The summed E-state index contributed by atoms with van der Waals surface area (Å²) in [6.07, 6.45) is 0. The second-order valence-corrected chi connectivity index (χ2v) is 8.22. The van der Waals surface area contributed by atoms with Gasteiger partial charge < -0.3 is 0 Å². The van der Waals surface area contributed by atoms with Crippen molar-refractivity contribution < 1.29 is 0 Å². The van der Waals surface area contributed by atoms with Crippen molar-refractivity contribution in [3.05, 3.63) is 96.6 Å². The molecule has 0 aromatic heterocycles. The van der Waals surface area contributed by atoms with E-state index in [9.17, 15) is 0 Å². The van der Waals surface area contributed by atoms with Crippen LogP contribution < -0.4 is 8.92 Å². The second kappa shape index (κ2) is 6.95. The van der Waals surface area contributed by atoms with Gasteiger partial charge in [-0.2, -0.15) is 0 Å². The molecule has 0 saturated carbocycles. The van der Waals surface area contributed by atoms with Gasteiger partial charge in [-0.25, -0.2) is 0 Å². The van der Waals surface area contributed by atoms with E-state index in [0.29, 0.717) is 0 Å². The zero-order valence-electron chi connectivity index (χ0n) is 11.6. The van der Waals surface area contributed by atoms with Crippen molar-refractivity contribution in [2.45, 2.75) is 0 Å². The first-order valence-corrected chi connectivity index (χ1v) is 9.41. The maximum atomic E-state index is 3.54. The van der Waals surface area contributed by atoms with Gasteiger partial charge in [-0.15, -0.1) is 0 Å². The first-order chi connectivity index (χ1) is 10.4. The van der Waals surface area contributed by atoms with E-state index in [-0.39, 0.29) is 0 Å². The summed E-state index contributed by atoms with van der Waals surface area (Å²) in [6.45, 7) is 0. The van der Waals surface area contributed by atoms with Crippen LogP contribution in [0.15, 0.2) is 91.0 Å². The Balaban J connectivity index is 2.00. The molecule has 3 aromatic rings. The van der Waals surface area contributed by atoms with Gasteiger partial charge in [0.15, 0.2) is 0 Å². The van der Waals surface area contributed by atoms with Gasteiger partial charge in [0.05, 0.1) is 0 Å². The third-order valence-corrected chi connectivity index (χ3v) is 6.79. The summed E-state index contributed by atoms with van der Waals surface area (Å²) in [5.41, 5.74) is 1.08. The summed E-state index contributed by atoms with van der Waals surface area (Å²) in [7, 11) is 0. The third-order valence-electron chi connectivity index (χ3n) is 3.03. The molecule has 0 N–H and O–H groups in total. The van der Waals surface area contributed by atoms with Gasteiger partial charge in [0, 0.05) is 0 Å². The van der Waals surface area contributed by atoms with Crippen molar-refractivity contribution in [3.8, 4) is 10.7 Å². The molecule has 0 heterocycles. The van der Waals surface area contributed by atoms with Crippen LogP contribution in [0.4, 0.5) is 0 Å². The van der Waals surface area contributed by atoms with Crippen LogP contribution in [0.2, 0.25) is 0 Å². The molecule has 0 aliphatic carbocycles. The summed E-state index contributed by atoms with van der Waals surface area (Å²) in [5.74, 6) is 3.35. The van der Waals surface area contributed by atoms with Crippen LogP contribution in [0, 0.1) is 10.7 Å². The Hall–Kier alpha value is -2.26. The van der Waals surface area contributed by atoms with Gasteiger partial charge in [0.25, 0.3) is 0 Å². The molecule has 3 aromatic carbocycles. The van der Waals surface area contributed by atoms with Crippen molar-refractivity contribution >= 4 is 22.8 Å². The van der Waals surface area contributed by atoms with E-state index in [2.05, 4.69) is 83.5 Å².